The highest BCUT2D eigenvalue weighted by molar-refractivity contribution is 7.99. The van der Waals surface area contributed by atoms with Gasteiger partial charge in [0.1, 0.15) is 12.4 Å². The lowest BCUT2D eigenvalue weighted by atomic mass is 10.7. The summed E-state index contributed by atoms with van der Waals surface area (Å²) in [5.74, 6) is 2.63. The van der Waals surface area contributed by atoms with Crippen LogP contribution in [-0.2, 0) is 4.74 Å². The highest BCUT2D eigenvalue weighted by atomic mass is 32.2. The first kappa shape index (κ1) is 10.2. The van der Waals surface area contributed by atoms with Gasteiger partial charge in [0.2, 0.25) is 0 Å². The number of hydrogen-bond donors (Lipinski definition) is 2. The molecule has 0 spiro atoms. The van der Waals surface area contributed by atoms with Gasteiger partial charge < -0.3 is 15.8 Å². The van der Waals surface area contributed by atoms with Crippen LogP contribution in [0.3, 0.4) is 0 Å². The minimum absolute atomic E-state index is 0.368. The van der Waals surface area contributed by atoms with Crippen molar-refractivity contribution >= 4 is 23.7 Å². The van der Waals surface area contributed by atoms with Crippen LogP contribution >= 0.6 is 11.8 Å². The van der Waals surface area contributed by atoms with Crippen molar-refractivity contribution in [2.24, 2.45) is 10.7 Å². The first-order valence-corrected chi connectivity index (χ1v) is 5.21. The minimum Gasteiger partial charge on any atom is -0.449 e. The zero-order valence-electron chi connectivity index (χ0n) is 7.28. The molecule has 0 radical (unpaired) electrons. The number of nitrogens with two attached hydrogens (primary N) is 1. The Bertz CT molecular complexity index is 208. The van der Waals surface area contributed by atoms with E-state index in [2.05, 4.69) is 15.0 Å². The number of thioether (sulfide) groups is 1. The smallest absolute Gasteiger partial charge is 0.404 e. The molecule has 0 fully saturated rings. The van der Waals surface area contributed by atoms with Gasteiger partial charge in [-0.15, -0.1) is 0 Å². The standard InChI is InChI=1S/C7H13N3O2S/c8-7(11)12-3-4-13-5-6-9-1-2-10-6/h1-5H2,(H2,8,11)(H,9,10). The maximum atomic E-state index is 10.2. The van der Waals surface area contributed by atoms with Gasteiger partial charge in [-0.1, -0.05) is 0 Å². The highest BCUT2D eigenvalue weighted by Gasteiger charge is 2.04. The SMILES string of the molecule is NC(=O)OCCSCC1=NCCN1. The lowest BCUT2D eigenvalue weighted by Crippen LogP contribution is -2.21. The van der Waals surface area contributed by atoms with E-state index < -0.39 is 6.09 Å². The third-order valence-corrected chi connectivity index (χ3v) is 2.39. The lowest BCUT2D eigenvalue weighted by molar-refractivity contribution is 0.164. The molecule has 1 aliphatic heterocycles. The fourth-order valence-electron chi connectivity index (χ4n) is 0.914. The van der Waals surface area contributed by atoms with Crippen molar-refractivity contribution in [2.45, 2.75) is 0 Å². The van der Waals surface area contributed by atoms with Crippen LogP contribution in [0.2, 0.25) is 0 Å². The molecule has 0 saturated heterocycles. The Morgan fingerprint density at radius 2 is 2.62 bits per heavy atom. The second-order valence-electron chi connectivity index (χ2n) is 2.48. The third-order valence-electron chi connectivity index (χ3n) is 1.45. The molecule has 1 heterocycles. The van der Waals surface area contributed by atoms with Crippen molar-refractivity contribution in [3.05, 3.63) is 0 Å². The number of hydrogen-bond acceptors (Lipinski definition) is 5. The van der Waals surface area contributed by atoms with Gasteiger partial charge in [-0.25, -0.2) is 4.79 Å². The lowest BCUT2D eigenvalue weighted by Gasteiger charge is -2.02. The van der Waals surface area contributed by atoms with Crippen molar-refractivity contribution in [3.8, 4) is 0 Å². The zero-order chi connectivity index (χ0) is 9.52. The predicted octanol–water partition coefficient (Wildman–Crippen LogP) is -0.183. The van der Waals surface area contributed by atoms with E-state index in [1.807, 2.05) is 0 Å². The number of rotatable bonds is 5. The van der Waals surface area contributed by atoms with Gasteiger partial charge in [0.15, 0.2) is 0 Å². The Kier molecular flexibility index (Phi) is 4.45. The summed E-state index contributed by atoms with van der Waals surface area (Å²) in [5, 5.41) is 3.15. The summed E-state index contributed by atoms with van der Waals surface area (Å²) in [6.07, 6.45) is -0.711. The topological polar surface area (TPSA) is 76.7 Å². The van der Waals surface area contributed by atoms with Crippen LogP contribution in [0.5, 0.6) is 0 Å². The molecular weight excluding hydrogens is 190 g/mol. The molecule has 0 aromatic carbocycles. The molecular formula is C7H13N3O2S. The minimum atomic E-state index is -0.711. The van der Waals surface area contributed by atoms with Gasteiger partial charge in [-0.3, -0.25) is 4.99 Å². The van der Waals surface area contributed by atoms with Crippen LogP contribution in [0.4, 0.5) is 4.79 Å². The molecule has 0 aliphatic carbocycles. The summed E-state index contributed by atoms with van der Waals surface area (Å²) in [6.45, 7) is 2.18. The summed E-state index contributed by atoms with van der Waals surface area (Å²) in [7, 11) is 0. The van der Waals surface area contributed by atoms with Crippen molar-refractivity contribution in [2.75, 3.05) is 31.2 Å². The predicted molar refractivity (Wildman–Crippen MR) is 53.2 cm³/mol. The Hall–Kier alpha value is -0.910. The first-order valence-electron chi connectivity index (χ1n) is 4.06. The number of nitrogens with zero attached hydrogens (tertiary/aromatic N) is 1. The number of primary amides is 1. The van der Waals surface area contributed by atoms with Gasteiger partial charge in [0.25, 0.3) is 0 Å². The molecule has 0 aromatic rings. The van der Waals surface area contributed by atoms with Crippen LogP contribution in [0.15, 0.2) is 4.99 Å². The molecule has 0 unspecified atom stereocenters. The number of carbonyl (C=O) groups is 1. The average molecular weight is 203 g/mol. The van der Waals surface area contributed by atoms with E-state index in [0.29, 0.717) is 6.61 Å². The van der Waals surface area contributed by atoms with Gasteiger partial charge >= 0.3 is 6.09 Å². The van der Waals surface area contributed by atoms with Gasteiger partial charge in [0.05, 0.1) is 12.3 Å². The molecule has 1 aliphatic rings. The Labute approximate surface area is 81.1 Å². The van der Waals surface area contributed by atoms with E-state index in [4.69, 9.17) is 5.73 Å². The van der Waals surface area contributed by atoms with Crippen LogP contribution in [-0.4, -0.2) is 43.1 Å². The van der Waals surface area contributed by atoms with E-state index in [0.717, 1.165) is 30.4 Å². The van der Waals surface area contributed by atoms with Gasteiger partial charge in [-0.2, -0.15) is 11.8 Å². The second kappa shape index (κ2) is 5.69. The average Bonchev–Trinajstić information content (AvgIpc) is 2.55. The molecule has 0 saturated carbocycles. The maximum absolute atomic E-state index is 10.2. The molecule has 5 nitrogen and oxygen atoms in total. The van der Waals surface area contributed by atoms with Crippen LogP contribution in [0.1, 0.15) is 0 Å². The van der Waals surface area contributed by atoms with Crippen molar-refractivity contribution in [1.29, 1.82) is 0 Å². The monoisotopic (exact) mass is 203 g/mol. The molecule has 1 rings (SSSR count). The summed E-state index contributed by atoms with van der Waals surface area (Å²) < 4.78 is 4.56. The fraction of sp³-hybridized carbons (Fsp3) is 0.714. The van der Waals surface area contributed by atoms with E-state index in [1.54, 1.807) is 11.8 Å². The molecule has 0 aromatic heterocycles. The molecule has 6 heteroatoms. The third kappa shape index (κ3) is 4.62. The maximum Gasteiger partial charge on any atom is 0.404 e. The summed E-state index contributed by atoms with van der Waals surface area (Å²) in [5.41, 5.74) is 4.79. The second-order valence-corrected chi connectivity index (χ2v) is 3.58. The van der Waals surface area contributed by atoms with Gasteiger partial charge in [-0.05, 0) is 0 Å². The van der Waals surface area contributed by atoms with Crippen molar-refractivity contribution < 1.29 is 9.53 Å². The normalized spacial score (nSPS) is 14.9. The summed E-state index contributed by atoms with van der Waals surface area (Å²) >= 11 is 1.67. The number of carbonyl (C=O) groups excluding carboxylic acids is 1. The Morgan fingerprint density at radius 3 is 3.23 bits per heavy atom. The fourth-order valence-corrected chi connectivity index (χ4v) is 1.65. The molecule has 0 bridgehead atoms. The molecule has 1 amide bonds. The number of amidine groups is 1. The Balaban J connectivity index is 1.92. The van der Waals surface area contributed by atoms with E-state index in [9.17, 15) is 4.79 Å². The molecule has 74 valence electrons. The van der Waals surface area contributed by atoms with E-state index >= 15 is 0 Å². The largest absolute Gasteiger partial charge is 0.449 e. The first-order chi connectivity index (χ1) is 6.29. The number of amides is 1. The van der Waals surface area contributed by atoms with Gasteiger partial charge in [0, 0.05) is 12.3 Å². The van der Waals surface area contributed by atoms with E-state index in [1.165, 1.54) is 0 Å². The quantitative estimate of drug-likeness (QED) is 0.607. The Morgan fingerprint density at radius 1 is 1.77 bits per heavy atom. The molecule has 13 heavy (non-hydrogen) atoms. The van der Waals surface area contributed by atoms with Crippen LogP contribution < -0.4 is 11.1 Å². The van der Waals surface area contributed by atoms with E-state index in [-0.39, 0.29) is 0 Å². The van der Waals surface area contributed by atoms with Crippen LogP contribution in [0.25, 0.3) is 0 Å². The molecule has 0 atom stereocenters. The van der Waals surface area contributed by atoms with Crippen molar-refractivity contribution in [1.82, 2.24) is 5.32 Å². The number of aliphatic imine (C=N–C) groups is 1. The summed E-state index contributed by atoms with van der Waals surface area (Å²) in [6, 6.07) is 0. The molecule has 3 N–H and O–H groups in total. The number of ether oxygens (including phenoxy) is 1. The highest BCUT2D eigenvalue weighted by Crippen LogP contribution is 2.01. The summed E-state index contributed by atoms with van der Waals surface area (Å²) in [4.78, 5) is 14.4. The van der Waals surface area contributed by atoms with Crippen molar-refractivity contribution in [3.63, 3.8) is 0 Å². The van der Waals surface area contributed by atoms with Crippen LogP contribution in [0, 0.1) is 0 Å². The number of nitrogens with one attached hydrogen (secondary N) is 1. The zero-order valence-corrected chi connectivity index (χ0v) is 8.10.